The zero-order valence-corrected chi connectivity index (χ0v) is 11.6. The minimum Gasteiger partial charge on any atom is -0.479 e. The second kappa shape index (κ2) is 7.14. The number of rotatable bonds is 7. The van der Waals surface area contributed by atoms with Gasteiger partial charge in [0, 0.05) is 12.7 Å². The second-order valence-electron chi connectivity index (χ2n) is 3.87. The third-order valence-electron chi connectivity index (χ3n) is 2.23. The lowest BCUT2D eigenvalue weighted by Crippen LogP contribution is -2.24. The van der Waals surface area contributed by atoms with Gasteiger partial charge in [0.15, 0.2) is 0 Å². The van der Waals surface area contributed by atoms with Gasteiger partial charge in [0.05, 0.1) is 6.61 Å². The molecule has 0 radical (unpaired) electrons. The highest BCUT2D eigenvalue weighted by Crippen LogP contribution is 2.41. The van der Waals surface area contributed by atoms with Crippen LogP contribution in [0, 0.1) is 0 Å². The fourth-order valence-electron chi connectivity index (χ4n) is 1.30. The van der Waals surface area contributed by atoms with Gasteiger partial charge in [-0.25, -0.2) is 9.59 Å². The van der Waals surface area contributed by atoms with Gasteiger partial charge in [0.2, 0.25) is 0 Å². The number of ether oxygens (including phenoxy) is 1. The summed E-state index contributed by atoms with van der Waals surface area (Å²) in [5.41, 5.74) is 4.76. The Hall–Kier alpha value is -2.00. The highest BCUT2D eigenvalue weighted by molar-refractivity contribution is 7.53. The summed E-state index contributed by atoms with van der Waals surface area (Å²) in [4.78, 5) is 43.0. The van der Waals surface area contributed by atoms with Crippen molar-refractivity contribution in [2.24, 2.45) is 0 Å². The van der Waals surface area contributed by atoms with E-state index in [1.807, 2.05) is 0 Å². The molecule has 116 valence electrons. The third-order valence-corrected chi connectivity index (χ3v) is 3.21. The molecular formula is C10H14N3O7P. The van der Waals surface area contributed by atoms with E-state index in [2.05, 4.69) is 9.72 Å². The standard InChI is InChI=1S/C10H14N3O7P/c11-7-3-5-13(10(16)12-7)4-1-2-6-20-9(8(14)15)21(17,18)19/h1-3,5,9H,4,6H2,(H,14,15)(H2,11,12,16)(H2,17,18,19). The maximum Gasteiger partial charge on any atom is 0.365 e. The molecular weight excluding hydrogens is 305 g/mol. The molecule has 21 heavy (non-hydrogen) atoms. The highest BCUT2D eigenvalue weighted by Gasteiger charge is 2.36. The largest absolute Gasteiger partial charge is 0.479 e. The zero-order chi connectivity index (χ0) is 16.0. The summed E-state index contributed by atoms with van der Waals surface area (Å²) in [6.07, 6.45) is 4.21. The molecule has 1 rings (SSSR count). The Balaban J connectivity index is 2.54. The SMILES string of the molecule is Nc1ccn(CC=CCOC(C(=O)O)P(=O)(O)O)c(=O)n1. The number of carboxylic acid groups (broad SMARTS) is 1. The number of aromatic nitrogens is 2. The Morgan fingerprint density at radius 3 is 2.71 bits per heavy atom. The number of nitrogen functional groups attached to an aromatic ring is 1. The van der Waals surface area contributed by atoms with E-state index in [0.29, 0.717) is 0 Å². The molecule has 1 heterocycles. The molecule has 0 amide bonds. The van der Waals surface area contributed by atoms with Gasteiger partial charge in [0.1, 0.15) is 5.82 Å². The first kappa shape index (κ1) is 17.1. The van der Waals surface area contributed by atoms with Crippen LogP contribution >= 0.6 is 7.60 Å². The van der Waals surface area contributed by atoms with E-state index < -0.39 is 25.1 Å². The van der Waals surface area contributed by atoms with Crippen molar-refractivity contribution in [3.63, 3.8) is 0 Å². The predicted molar refractivity (Wildman–Crippen MR) is 71.5 cm³/mol. The van der Waals surface area contributed by atoms with Crippen molar-refractivity contribution in [1.82, 2.24) is 9.55 Å². The minimum absolute atomic E-state index is 0.0921. The van der Waals surface area contributed by atoms with Crippen molar-refractivity contribution in [3.05, 3.63) is 34.9 Å². The summed E-state index contributed by atoms with van der Waals surface area (Å²) in [7, 11) is -4.89. The molecule has 0 aromatic carbocycles. The number of aliphatic carboxylic acids is 1. The quantitative estimate of drug-likeness (QED) is 0.363. The lowest BCUT2D eigenvalue weighted by atomic mass is 10.5. The second-order valence-corrected chi connectivity index (χ2v) is 5.52. The molecule has 0 saturated carbocycles. The van der Waals surface area contributed by atoms with Gasteiger partial charge in [-0.15, -0.1) is 0 Å². The molecule has 1 aromatic rings. The summed E-state index contributed by atoms with van der Waals surface area (Å²) < 4.78 is 16.6. The predicted octanol–water partition coefficient (Wildman–Crippen LogP) is -1.01. The lowest BCUT2D eigenvalue weighted by Gasteiger charge is -2.13. The summed E-state index contributed by atoms with van der Waals surface area (Å²) in [6.45, 7) is -0.206. The number of nitrogens with zero attached hydrogens (tertiary/aromatic N) is 2. The fourth-order valence-corrected chi connectivity index (χ4v) is 1.86. The summed E-state index contributed by atoms with van der Waals surface area (Å²) in [6, 6.07) is 1.43. The first-order valence-corrected chi connectivity index (χ1v) is 7.27. The molecule has 0 bridgehead atoms. The molecule has 1 unspecified atom stereocenters. The van der Waals surface area contributed by atoms with E-state index in [1.165, 1.54) is 29.0 Å². The first-order valence-electron chi connectivity index (χ1n) is 5.59. The third kappa shape index (κ3) is 5.48. The van der Waals surface area contributed by atoms with Gasteiger partial charge in [-0.3, -0.25) is 9.13 Å². The van der Waals surface area contributed by atoms with Crippen molar-refractivity contribution in [1.29, 1.82) is 0 Å². The summed E-state index contributed by atoms with van der Waals surface area (Å²) in [5.74, 6) is -3.88. The Bertz CT molecular complexity index is 636. The Morgan fingerprint density at radius 2 is 2.19 bits per heavy atom. The van der Waals surface area contributed by atoms with Crippen molar-refractivity contribution in [3.8, 4) is 0 Å². The van der Waals surface area contributed by atoms with Crippen molar-refractivity contribution in [2.45, 2.75) is 12.4 Å². The molecule has 1 atom stereocenters. The molecule has 0 fully saturated rings. The van der Waals surface area contributed by atoms with E-state index in [0.717, 1.165) is 0 Å². The molecule has 0 aliphatic rings. The van der Waals surface area contributed by atoms with E-state index in [1.54, 1.807) is 0 Å². The summed E-state index contributed by atoms with van der Waals surface area (Å²) in [5, 5.41) is 8.60. The number of hydrogen-bond acceptors (Lipinski definition) is 6. The van der Waals surface area contributed by atoms with E-state index in [4.69, 9.17) is 20.6 Å². The number of carbonyl (C=O) groups is 1. The number of hydrogen-bond donors (Lipinski definition) is 4. The molecule has 1 aromatic heterocycles. The highest BCUT2D eigenvalue weighted by atomic mass is 31.2. The zero-order valence-electron chi connectivity index (χ0n) is 10.7. The maximum absolute atomic E-state index is 11.4. The first-order chi connectivity index (χ1) is 9.71. The van der Waals surface area contributed by atoms with Gasteiger partial charge >= 0.3 is 19.3 Å². The number of allylic oxidation sites excluding steroid dienone is 1. The Kier molecular flexibility index (Phi) is 5.79. The van der Waals surface area contributed by atoms with Gasteiger partial charge in [-0.05, 0) is 6.07 Å². The topological polar surface area (TPSA) is 165 Å². The van der Waals surface area contributed by atoms with Crippen LogP contribution in [0.4, 0.5) is 5.82 Å². The van der Waals surface area contributed by atoms with Crippen LogP contribution in [0.3, 0.4) is 0 Å². The smallest absolute Gasteiger partial charge is 0.365 e. The van der Waals surface area contributed by atoms with Gasteiger partial charge in [-0.1, -0.05) is 12.2 Å². The van der Waals surface area contributed by atoms with Gasteiger partial charge < -0.3 is 25.4 Å². The molecule has 5 N–H and O–H groups in total. The van der Waals surface area contributed by atoms with Crippen LogP contribution < -0.4 is 11.4 Å². The number of nitrogens with two attached hydrogens (primary N) is 1. The molecule has 11 heteroatoms. The van der Waals surface area contributed by atoms with Crippen molar-refractivity contribution >= 4 is 19.4 Å². The Labute approximate surface area is 118 Å². The fraction of sp³-hybridized carbons (Fsp3) is 0.300. The van der Waals surface area contributed by atoms with Crippen molar-refractivity contribution < 1.29 is 29.0 Å². The molecule has 0 aliphatic heterocycles. The van der Waals surface area contributed by atoms with E-state index in [9.17, 15) is 14.2 Å². The normalized spacial score (nSPS) is 13.4. The summed E-state index contributed by atoms with van der Waals surface area (Å²) >= 11 is 0. The molecule has 0 spiro atoms. The van der Waals surface area contributed by atoms with Crippen LogP contribution in [0.1, 0.15) is 0 Å². The van der Waals surface area contributed by atoms with Crippen LogP contribution in [-0.4, -0.2) is 42.9 Å². The maximum atomic E-state index is 11.4. The van der Waals surface area contributed by atoms with Gasteiger partial charge in [-0.2, -0.15) is 4.98 Å². The van der Waals surface area contributed by atoms with Crippen molar-refractivity contribution in [2.75, 3.05) is 12.3 Å². The minimum atomic E-state index is -4.89. The van der Waals surface area contributed by atoms with Crippen LogP contribution in [0.5, 0.6) is 0 Å². The average molecular weight is 319 g/mol. The Morgan fingerprint density at radius 1 is 1.52 bits per heavy atom. The number of anilines is 1. The van der Waals surface area contributed by atoms with Crippen LogP contribution in [0.15, 0.2) is 29.2 Å². The molecule has 10 nitrogen and oxygen atoms in total. The average Bonchev–Trinajstić information content (AvgIpc) is 2.33. The van der Waals surface area contributed by atoms with Crippen LogP contribution in [0.2, 0.25) is 0 Å². The van der Waals surface area contributed by atoms with E-state index >= 15 is 0 Å². The van der Waals surface area contributed by atoms with E-state index in [-0.39, 0.29) is 19.0 Å². The lowest BCUT2D eigenvalue weighted by molar-refractivity contribution is -0.145. The number of carboxylic acids is 1. The molecule has 0 aliphatic carbocycles. The molecule has 0 saturated heterocycles. The monoisotopic (exact) mass is 319 g/mol. The van der Waals surface area contributed by atoms with Gasteiger partial charge in [0.25, 0.3) is 5.85 Å². The van der Waals surface area contributed by atoms with Crippen LogP contribution in [0.25, 0.3) is 0 Å². The van der Waals surface area contributed by atoms with Crippen LogP contribution in [-0.2, 0) is 20.6 Å².